The number of aromatic nitrogens is 2. The molecule has 46 heavy (non-hydrogen) atoms. The maximum absolute atomic E-state index is 5.01. The van der Waals surface area contributed by atoms with Crippen LogP contribution in [0.2, 0.25) is 0 Å². The largest absolute Gasteiger partial charge is 0.260 e. The van der Waals surface area contributed by atoms with Crippen molar-refractivity contribution in [3.05, 3.63) is 95.6 Å². The zero-order valence-corrected chi connectivity index (χ0v) is 30.7. The summed E-state index contributed by atoms with van der Waals surface area (Å²) in [5.41, 5.74) is 7.26. The molecule has 8 aliphatic rings. The smallest absolute Gasteiger partial charge is 0.0935 e. The Balaban J connectivity index is 1.22. The van der Waals surface area contributed by atoms with Gasteiger partial charge in [-0.05, 0) is 162 Å². The molecule has 8 saturated carbocycles. The predicted molar refractivity (Wildman–Crippen MR) is 195 cm³/mol. The molecule has 0 aliphatic heterocycles. The Morgan fingerprint density at radius 2 is 1.04 bits per heavy atom. The second-order valence-corrected chi connectivity index (χ2v) is 23.1. The van der Waals surface area contributed by atoms with Gasteiger partial charge in [0.2, 0.25) is 0 Å². The highest BCUT2D eigenvalue weighted by molar-refractivity contribution is 7.60. The Morgan fingerprint density at radius 1 is 0.609 bits per heavy atom. The van der Waals surface area contributed by atoms with E-state index in [0.717, 1.165) is 23.2 Å². The van der Waals surface area contributed by atoms with E-state index in [1.807, 2.05) is 24.5 Å². The molecule has 4 heteroatoms. The highest BCUT2D eigenvalue weighted by atomic mass is 31.1. The van der Waals surface area contributed by atoms with E-state index >= 15 is 0 Å². The van der Waals surface area contributed by atoms with Gasteiger partial charge in [-0.25, -0.2) is 0 Å². The van der Waals surface area contributed by atoms with Crippen LogP contribution in [0.3, 0.4) is 0 Å². The van der Waals surface area contributed by atoms with Gasteiger partial charge >= 0.3 is 0 Å². The number of benzene rings is 1. The van der Waals surface area contributed by atoms with E-state index in [1.54, 1.807) is 5.56 Å². The summed E-state index contributed by atoms with van der Waals surface area (Å²) in [5.74, 6) is 1.88. The predicted octanol–water partition coefficient (Wildman–Crippen LogP) is 11.1. The molecule has 8 fully saturated rings. The standard InChI is InChI=1S/C42H54N2P2/c1-36-17-30-18-37(2,24-36)27-40(21-30,26-36)46(41-22-31-19-38(3,28-41)25-39(4,20-31)29-41)23-32-11-5-6-12-33(32)42(45,34-13-7-9-15-43-34)35-14-8-10-16-44-35/h5-16,30-31H,17-29,45H2,1-4H3. The first kappa shape index (κ1) is 30.4. The minimum atomic E-state index is -0.487. The first-order chi connectivity index (χ1) is 21.9. The van der Waals surface area contributed by atoms with Gasteiger partial charge in [0.15, 0.2) is 0 Å². The fourth-order valence-electron chi connectivity index (χ4n) is 15.0. The molecule has 0 amide bonds. The van der Waals surface area contributed by atoms with Crippen LogP contribution in [0.5, 0.6) is 0 Å². The van der Waals surface area contributed by atoms with E-state index in [-0.39, 0.29) is 7.92 Å². The van der Waals surface area contributed by atoms with Gasteiger partial charge in [0, 0.05) is 12.4 Å². The van der Waals surface area contributed by atoms with Gasteiger partial charge in [-0.1, -0.05) is 72.0 Å². The third kappa shape index (κ3) is 4.62. The molecule has 0 radical (unpaired) electrons. The SMILES string of the molecule is CC12CC3CC(C)(C1)CC(P(Cc1ccccc1C(P)(c1ccccn1)c1ccccn1)C14CC5CC(C)(CC(C)(C5)C1)C4)(C3)C2. The quantitative estimate of drug-likeness (QED) is 0.238. The molecule has 0 N–H and O–H groups in total. The summed E-state index contributed by atoms with van der Waals surface area (Å²) in [6, 6.07) is 22.3. The fraction of sp³-hybridized carbons (Fsp3) is 0.619. The first-order valence-corrected chi connectivity index (χ1v) is 20.4. The summed E-state index contributed by atoms with van der Waals surface area (Å²) in [5, 5.41) is 0.547. The van der Waals surface area contributed by atoms with E-state index < -0.39 is 5.16 Å². The molecular weight excluding hydrogens is 594 g/mol. The number of hydrogen-bond donors (Lipinski definition) is 0. The van der Waals surface area contributed by atoms with E-state index in [0.29, 0.717) is 32.0 Å². The van der Waals surface area contributed by atoms with Crippen molar-refractivity contribution in [1.82, 2.24) is 9.97 Å². The van der Waals surface area contributed by atoms with Crippen molar-refractivity contribution in [1.29, 1.82) is 0 Å². The van der Waals surface area contributed by atoms with Gasteiger partial charge in [-0.2, -0.15) is 0 Å². The summed E-state index contributed by atoms with van der Waals surface area (Å²) in [7, 11) is 3.02. The number of nitrogens with zero attached hydrogens (tertiary/aromatic N) is 2. The van der Waals surface area contributed by atoms with Crippen LogP contribution in [0.25, 0.3) is 0 Å². The van der Waals surface area contributed by atoms with Crippen LogP contribution >= 0.6 is 17.2 Å². The lowest BCUT2D eigenvalue weighted by Crippen LogP contribution is -2.63. The second kappa shape index (κ2) is 9.97. The topological polar surface area (TPSA) is 25.8 Å². The zero-order valence-electron chi connectivity index (χ0n) is 28.7. The van der Waals surface area contributed by atoms with Crippen LogP contribution < -0.4 is 0 Å². The molecule has 1 aromatic carbocycles. The Hall–Kier alpha value is -1.62. The third-order valence-corrected chi connectivity index (χ3v) is 19.1. The van der Waals surface area contributed by atoms with Crippen molar-refractivity contribution < 1.29 is 0 Å². The van der Waals surface area contributed by atoms with Crippen molar-refractivity contribution in [3.8, 4) is 0 Å². The Labute approximate surface area is 281 Å². The van der Waals surface area contributed by atoms with Crippen LogP contribution in [0.1, 0.15) is 127 Å². The molecule has 8 bridgehead atoms. The highest BCUT2D eigenvalue weighted by Crippen LogP contribution is 2.84. The molecule has 2 nitrogen and oxygen atoms in total. The Morgan fingerprint density at radius 3 is 1.46 bits per heavy atom. The Kier molecular flexibility index (Phi) is 6.60. The van der Waals surface area contributed by atoms with Crippen molar-refractivity contribution in [3.63, 3.8) is 0 Å². The molecule has 2 aromatic heterocycles. The number of pyridine rings is 2. The summed E-state index contributed by atoms with van der Waals surface area (Å²) < 4.78 is 0. The lowest BCUT2D eigenvalue weighted by molar-refractivity contribution is -0.0922. The van der Waals surface area contributed by atoms with Crippen LogP contribution in [0.15, 0.2) is 73.1 Å². The minimum absolute atomic E-state index is 0.264. The average Bonchev–Trinajstić information content (AvgIpc) is 2.97. The van der Waals surface area contributed by atoms with Crippen LogP contribution in [0, 0.1) is 33.5 Å². The summed E-state index contributed by atoms with van der Waals surface area (Å²) in [6.45, 7) is 10.8. The van der Waals surface area contributed by atoms with Gasteiger partial charge in [-0.15, -0.1) is 9.24 Å². The van der Waals surface area contributed by atoms with Crippen molar-refractivity contribution in [2.45, 2.75) is 126 Å². The molecule has 3 aromatic rings. The fourth-order valence-corrected chi connectivity index (χ4v) is 21.2. The van der Waals surface area contributed by atoms with Crippen LogP contribution in [-0.4, -0.2) is 20.3 Å². The van der Waals surface area contributed by atoms with Crippen LogP contribution in [-0.2, 0) is 11.3 Å². The molecular formula is C42H54N2P2. The van der Waals surface area contributed by atoms with Gasteiger partial charge in [0.05, 0.1) is 16.5 Å². The van der Waals surface area contributed by atoms with Gasteiger partial charge in [0.25, 0.3) is 0 Å². The average molecular weight is 649 g/mol. The van der Waals surface area contributed by atoms with E-state index in [2.05, 4.69) is 85.5 Å². The van der Waals surface area contributed by atoms with Crippen molar-refractivity contribution in [2.75, 3.05) is 0 Å². The van der Waals surface area contributed by atoms with Crippen molar-refractivity contribution >= 4 is 17.2 Å². The Bertz CT molecular complexity index is 1520. The van der Waals surface area contributed by atoms with E-state index in [9.17, 15) is 0 Å². The monoisotopic (exact) mass is 648 g/mol. The lowest BCUT2D eigenvalue weighted by Gasteiger charge is -2.73. The van der Waals surface area contributed by atoms with Gasteiger partial charge < -0.3 is 0 Å². The molecule has 2 heterocycles. The van der Waals surface area contributed by atoms with Crippen molar-refractivity contribution in [2.24, 2.45) is 33.5 Å². The van der Waals surface area contributed by atoms with E-state index in [1.165, 1.54) is 88.8 Å². The van der Waals surface area contributed by atoms with Gasteiger partial charge in [0.1, 0.15) is 0 Å². The molecule has 5 unspecified atom stereocenters. The zero-order chi connectivity index (χ0) is 31.6. The first-order valence-electron chi connectivity index (χ1n) is 18.3. The van der Waals surface area contributed by atoms with Gasteiger partial charge in [-0.3, -0.25) is 9.97 Å². The molecule has 0 spiro atoms. The highest BCUT2D eigenvalue weighted by Gasteiger charge is 2.69. The molecule has 8 aliphatic carbocycles. The van der Waals surface area contributed by atoms with Crippen LogP contribution in [0.4, 0.5) is 0 Å². The summed E-state index contributed by atoms with van der Waals surface area (Å²) >= 11 is 0. The molecule has 5 atom stereocenters. The maximum Gasteiger partial charge on any atom is 0.0935 e. The lowest BCUT2D eigenvalue weighted by atomic mass is 9.44. The molecule has 11 rings (SSSR count). The molecule has 242 valence electrons. The number of hydrogen-bond acceptors (Lipinski definition) is 2. The van der Waals surface area contributed by atoms with E-state index in [4.69, 9.17) is 9.97 Å². The second-order valence-electron chi connectivity index (χ2n) is 19.2. The minimum Gasteiger partial charge on any atom is -0.260 e. The summed E-state index contributed by atoms with van der Waals surface area (Å²) in [6.07, 6.45) is 23.1. The molecule has 0 saturated heterocycles. The normalized spacial score (nSPS) is 42.8. The maximum atomic E-state index is 5.01. The summed E-state index contributed by atoms with van der Waals surface area (Å²) in [4.78, 5) is 10.0. The third-order valence-electron chi connectivity index (χ3n) is 14.2. The number of rotatable bonds is 7.